The van der Waals surface area contributed by atoms with E-state index in [-0.39, 0.29) is 24.6 Å². The molecule has 0 saturated carbocycles. The number of nitrogens with zero attached hydrogens (tertiary/aromatic N) is 7. The number of carbonyl (C=O) groups excluding carboxylic acids is 1. The predicted molar refractivity (Wildman–Crippen MR) is 127 cm³/mol. The number of hydrogen-bond donors (Lipinski definition) is 0. The molecular weight excluding hydrogens is 469 g/mol. The Morgan fingerprint density at radius 2 is 2.11 bits per heavy atom. The molecule has 12 heteroatoms. The van der Waals surface area contributed by atoms with Gasteiger partial charge in [0.05, 0.1) is 38.9 Å². The molecule has 3 aromatic heterocycles. The highest BCUT2D eigenvalue weighted by molar-refractivity contribution is 5.73. The van der Waals surface area contributed by atoms with E-state index in [4.69, 9.17) is 19.2 Å². The van der Waals surface area contributed by atoms with Gasteiger partial charge in [-0.3, -0.25) is 9.67 Å². The SMILES string of the molecule is C=[N+]1C(=O)OCC1Cn1c(=Nc2cc(OC)cc(OC)c2F)ccc2ncc(-c3cnn(C)c3)nc21. The molecule has 1 aliphatic rings. The molecule has 5 rings (SSSR count). The molecule has 11 nitrogen and oxygen atoms in total. The van der Waals surface area contributed by atoms with E-state index < -0.39 is 18.0 Å². The minimum Gasteiger partial charge on any atom is -0.497 e. The van der Waals surface area contributed by atoms with Crippen LogP contribution in [0, 0.1) is 5.82 Å². The molecular formula is C24H23FN7O4+. The molecule has 1 aliphatic heterocycles. The second kappa shape index (κ2) is 9.21. The van der Waals surface area contributed by atoms with Crippen molar-refractivity contribution in [2.24, 2.45) is 12.0 Å². The first-order valence-corrected chi connectivity index (χ1v) is 11.0. The average Bonchev–Trinajstić information content (AvgIpc) is 3.46. The lowest BCUT2D eigenvalue weighted by atomic mass is 10.2. The minimum atomic E-state index is -0.640. The number of cyclic esters (lactones) is 1. The summed E-state index contributed by atoms with van der Waals surface area (Å²) in [6.45, 7) is 4.17. The molecule has 1 aromatic carbocycles. The molecule has 0 aliphatic carbocycles. The number of methoxy groups -OCH3 is 2. The highest BCUT2D eigenvalue weighted by Crippen LogP contribution is 2.32. The molecule has 36 heavy (non-hydrogen) atoms. The first kappa shape index (κ1) is 23.1. The van der Waals surface area contributed by atoms with E-state index in [1.807, 2.05) is 13.2 Å². The molecule has 1 unspecified atom stereocenters. The number of amides is 1. The number of carbonyl (C=O) groups is 1. The van der Waals surface area contributed by atoms with Crippen LogP contribution in [0.4, 0.5) is 14.9 Å². The molecule has 184 valence electrons. The van der Waals surface area contributed by atoms with E-state index in [0.29, 0.717) is 28.1 Å². The van der Waals surface area contributed by atoms with Crippen molar-refractivity contribution in [2.75, 3.05) is 20.8 Å². The molecule has 4 heterocycles. The maximum absolute atomic E-state index is 15.1. The van der Waals surface area contributed by atoms with Crippen molar-refractivity contribution in [3.8, 4) is 22.8 Å². The lowest BCUT2D eigenvalue weighted by Crippen LogP contribution is -2.33. The number of pyridine rings is 1. The van der Waals surface area contributed by atoms with Gasteiger partial charge in [0.25, 0.3) is 0 Å². The zero-order valence-corrected chi connectivity index (χ0v) is 19.9. The van der Waals surface area contributed by atoms with Crippen molar-refractivity contribution in [2.45, 2.75) is 12.6 Å². The Labute approximate surface area is 204 Å². The zero-order chi connectivity index (χ0) is 25.4. The highest BCUT2D eigenvalue weighted by atomic mass is 19.1. The number of aromatic nitrogens is 5. The van der Waals surface area contributed by atoms with Gasteiger partial charge in [-0.05, 0) is 12.1 Å². The van der Waals surface area contributed by atoms with Crippen LogP contribution in [-0.4, -0.2) is 68.6 Å². The Kier molecular flexibility index (Phi) is 5.92. The number of fused-ring (bicyclic) bond motifs is 1. The molecule has 0 radical (unpaired) electrons. The van der Waals surface area contributed by atoms with Crippen molar-refractivity contribution in [3.05, 3.63) is 54.2 Å². The first-order valence-electron chi connectivity index (χ1n) is 11.0. The molecule has 1 amide bonds. The van der Waals surface area contributed by atoms with Gasteiger partial charge in [0.15, 0.2) is 23.8 Å². The van der Waals surface area contributed by atoms with Gasteiger partial charge >= 0.3 is 6.09 Å². The van der Waals surface area contributed by atoms with Crippen LogP contribution < -0.4 is 15.0 Å². The molecule has 1 atom stereocenters. The summed E-state index contributed by atoms with van der Waals surface area (Å²) < 4.78 is 35.4. The van der Waals surface area contributed by atoms with Gasteiger partial charge in [-0.1, -0.05) is 0 Å². The maximum Gasteiger partial charge on any atom is 0.596 e. The fourth-order valence-electron chi connectivity index (χ4n) is 3.91. The Morgan fingerprint density at radius 1 is 1.28 bits per heavy atom. The summed E-state index contributed by atoms with van der Waals surface area (Å²) in [7, 11) is 4.65. The Balaban J connectivity index is 1.74. The lowest BCUT2D eigenvalue weighted by Gasteiger charge is -2.13. The van der Waals surface area contributed by atoms with E-state index in [1.165, 1.54) is 30.9 Å². The lowest BCUT2D eigenvalue weighted by molar-refractivity contribution is -0.448. The van der Waals surface area contributed by atoms with Crippen molar-refractivity contribution in [1.82, 2.24) is 24.3 Å². The Bertz CT molecular complexity index is 1580. The highest BCUT2D eigenvalue weighted by Gasteiger charge is 2.37. The van der Waals surface area contributed by atoms with Crippen molar-refractivity contribution in [1.29, 1.82) is 0 Å². The smallest absolute Gasteiger partial charge is 0.497 e. The maximum atomic E-state index is 15.1. The van der Waals surface area contributed by atoms with Crippen LogP contribution in [0.3, 0.4) is 0 Å². The normalized spacial score (nSPS) is 16.0. The van der Waals surface area contributed by atoms with Crippen LogP contribution in [0.25, 0.3) is 22.4 Å². The van der Waals surface area contributed by atoms with Crippen LogP contribution in [0.1, 0.15) is 0 Å². The van der Waals surface area contributed by atoms with E-state index in [2.05, 4.69) is 21.8 Å². The van der Waals surface area contributed by atoms with Crippen molar-refractivity contribution >= 4 is 29.7 Å². The number of aryl methyl sites for hydroxylation is 1. The van der Waals surface area contributed by atoms with Gasteiger partial charge < -0.3 is 18.8 Å². The summed E-state index contributed by atoms with van der Waals surface area (Å²) in [5.41, 5.74) is 2.85. The van der Waals surface area contributed by atoms with Crippen LogP contribution in [0.2, 0.25) is 0 Å². The fraction of sp³-hybridized carbons (Fsp3) is 0.250. The number of benzene rings is 1. The van der Waals surface area contributed by atoms with E-state index in [1.54, 1.807) is 33.8 Å². The summed E-state index contributed by atoms with van der Waals surface area (Å²) in [4.78, 5) is 25.9. The number of rotatable bonds is 6. The van der Waals surface area contributed by atoms with Crippen LogP contribution >= 0.6 is 0 Å². The second-order valence-corrected chi connectivity index (χ2v) is 8.14. The standard InChI is InChI=1S/C24H23FN7O4/c1-30-11-14(9-27-30)19-10-26-17-5-6-21(28-18-7-16(34-3)8-20(35-4)22(18)25)32(23(17)29-19)12-15-13-36-24(33)31(15)2/h5-11,15H,2,12-13H2,1,3-4H3/q+1. The van der Waals surface area contributed by atoms with Gasteiger partial charge in [-0.2, -0.15) is 9.89 Å². The third-order valence-corrected chi connectivity index (χ3v) is 5.86. The summed E-state index contributed by atoms with van der Waals surface area (Å²) in [6.07, 6.45) is 4.65. The fourth-order valence-corrected chi connectivity index (χ4v) is 3.91. The van der Waals surface area contributed by atoms with Gasteiger partial charge in [0.1, 0.15) is 29.2 Å². The molecule has 1 saturated heterocycles. The van der Waals surface area contributed by atoms with Gasteiger partial charge in [-0.15, -0.1) is 4.58 Å². The number of hydrogen-bond acceptors (Lipinski definition) is 8. The summed E-state index contributed by atoms with van der Waals surface area (Å²) >= 11 is 0. The van der Waals surface area contributed by atoms with Gasteiger partial charge in [-0.25, -0.2) is 14.4 Å². The largest absolute Gasteiger partial charge is 0.596 e. The summed E-state index contributed by atoms with van der Waals surface area (Å²) in [5.74, 6) is -0.257. The average molecular weight is 492 g/mol. The van der Waals surface area contributed by atoms with Gasteiger partial charge in [0.2, 0.25) is 6.04 Å². The third kappa shape index (κ3) is 4.17. The topological polar surface area (TPSA) is 109 Å². The molecule has 0 N–H and O–H groups in total. The van der Waals surface area contributed by atoms with Crippen molar-refractivity contribution in [3.63, 3.8) is 0 Å². The number of ether oxygens (including phenoxy) is 3. The molecule has 4 aromatic rings. The Hall–Kier alpha value is -4.61. The van der Waals surface area contributed by atoms with E-state index >= 15 is 4.39 Å². The Morgan fingerprint density at radius 3 is 2.78 bits per heavy atom. The van der Waals surface area contributed by atoms with Crippen LogP contribution in [0.5, 0.6) is 11.5 Å². The molecule has 1 fully saturated rings. The molecule has 0 spiro atoms. The summed E-state index contributed by atoms with van der Waals surface area (Å²) in [5, 5.41) is 4.20. The quantitative estimate of drug-likeness (QED) is 0.381. The van der Waals surface area contributed by atoms with E-state index in [0.717, 1.165) is 5.56 Å². The molecule has 0 bridgehead atoms. The minimum absolute atomic E-state index is 0.00202. The number of halogens is 1. The second-order valence-electron chi connectivity index (χ2n) is 8.14. The monoisotopic (exact) mass is 492 g/mol. The zero-order valence-electron chi connectivity index (χ0n) is 19.9. The third-order valence-electron chi connectivity index (χ3n) is 5.86. The van der Waals surface area contributed by atoms with Crippen molar-refractivity contribution < 1.29 is 28.0 Å². The van der Waals surface area contributed by atoms with Crippen LogP contribution in [-0.2, 0) is 18.3 Å². The van der Waals surface area contributed by atoms with Crippen LogP contribution in [0.15, 0.2) is 47.8 Å². The van der Waals surface area contributed by atoms with Gasteiger partial charge in [0, 0.05) is 30.9 Å². The summed E-state index contributed by atoms with van der Waals surface area (Å²) in [6, 6.07) is 5.97. The van der Waals surface area contributed by atoms with E-state index in [9.17, 15) is 4.79 Å². The predicted octanol–water partition coefficient (Wildman–Crippen LogP) is 2.45. The first-order chi connectivity index (χ1) is 17.4.